The molecule has 2 aromatic carbocycles. The van der Waals surface area contributed by atoms with E-state index in [0.29, 0.717) is 12.1 Å². The van der Waals surface area contributed by atoms with Gasteiger partial charge in [-0.2, -0.15) is 11.8 Å². The summed E-state index contributed by atoms with van der Waals surface area (Å²) in [4.78, 5) is 12.4. The van der Waals surface area contributed by atoms with E-state index in [9.17, 15) is 13.2 Å². The Kier molecular flexibility index (Phi) is 7.29. The molecular formula is C20H25NO3S2. The van der Waals surface area contributed by atoms with Crippen molar-refractivity contribution >= 4 is 27.5 Å². The summed E-state index contributed by atoms with van der Waals surface area (Å²) < 4.78 is 24.2. The second-order valence-electron chi connectivity index (χ2n) is 6.41. The van der Waals surface area contributed by atoms with E-state index in [2.05, 4.69) is 36.5 Å². The molecule has 1 N–H and O–H groups in total. The van der Waals surface area contributed by atoms with E-state index < -0.39 is 15.1 Å². The van der Waals surface area contributed by atoms with Crippen LogP contribution in [0.15, 0.2) is 53.4 Å². The Morgan fingerprint density at radius 2 is 1.65 bits per heavy atom. The van der Waals surface area contributed by atoms with E-state index in [0.717, 1.165) is 11.5 Å². The van der Waals surface area contributed by atoms with Crippen LogP contribution in [0.25, 0.3) is 0 Å². The highest BCUT2D eigenvalue weighted by atomic mass is 32.2. The molecule has 2 rings (SSSR count). The fourth-order valence-corrected chi connectivity index (χ4v) is 4.16. The molecule has 0 heterocycles. The third kappa shape index (κ3) is 5.61. The molecule has 0 aliphatic rings. The number of carbonyl (C=O) groups is 1. The second-order valence-corrected chi connectivity index (χ2v) is 10.0. The number of aryl methyl sites for hydroxylation is 1. The van der Waals surface area contributed by atoms with Gasteiger partial charge in [-0.25, -0.2) is 8.42 Å². The minimum Gasteiger partial charge on any atom is -0.351 e. The quantitative estimate of drug-likeness (QED) is 0.695. The molecule has 0 radical (unpaired) electrons. The normalized spacial score (nSPS) is 11.5. The number of hydrogen-bond donors (Lipinski definition) is 1. The molecule has 0 bridgehead atoms. The van der Waals surface area contributed by atoms with Crippen LogP contribution in [0.5, 0.6) is 0 Å². The van der Waals surface area contributed by atoms with Gasteiger partial charge in [-0.15, -0.1) is 0 Å². The Morgan fingerprint density at radius 3 is 2.23 bits per heavy atom. The Balaban J connectivity index is 1.78. The van der Waals surface area contributed by atoms with Crippen LogP contribution in [-0.4, -0.2) is 31.9 Å². The average molecular weight is 392 g/mol. The van der Waals surface area contributed by atoms with E-state index in [1.165, 1.54) is 23.3 Å². The first-order valence-corrected chi connectivity index (χ1v) is 11.3. The van der Waals surface area contributed by atoms with Gasteiger partial charge in [0.1, 0.15) is 0 Å². The number of carbonyl (C=O) groups excluding carboxylic acids is 1. The van der Waals surface area contributed by atoms with Gasteiger partial charge < -0.3 is 5.32 Å². The standard InChI is InChI=1S/C20H25NO3S2/c1-15(2)26(23,24)19-10-8-18(9-11-19)20(22)21-12-13-25-14-17-6-4-16(3)5-7-17/h4-11,15H,12-14H2,1-3H3,(H,21,22). The molecule has 0 aliphatic carbocycles. The number of sulfone groups is 1. The first-order valence-electron chi connectivity index (χ1n) is 8.56. The van der Waals surface area contributed by atoms with Crippen LogP contribution in [0.2, 0.25) is 0 Å². The van der Waals surface area contributed by atoms with Crippen molar-refractivity contribution in [2.75, 3.05) is 12.3 Å². The summed E-state index contributed by atoms with van der Waals surface area (Å²) >= 11 is 1.76. The lowest BCUT2D eigenvalue weighted by Crippen LogP contribution is -2.25. The predicted molar refractivity (Wildman–Crippen MR) is 108 cm³/mol. The number of hydrogen-bond acceptors (Lipinski definition) is 4. The Morgan fingerprint density at radius 1 is 1.04 bits per heavy atom. The molecule has 0 atom stereocenters. The third-order valence-electron chi connectivity index (χ3n) is 3.99. The molecule has 0 saturated heterocycles. The summed E-state index contributed by atoms with van der Waals surface area (Å²) in [5, 5.41) is 2.39. The second kappa shape index (κ2) is 9.24. The van der Waals surface area contributed by atoms with Crippen LogP contribution in [-0.2, 0) is 15.6 Å². The number of rotatable bonds is 8. The molecule has 0 saturated carbocycles. The highest BCUT2D eigenvalue weighted by molar-refractivity contribution is 7.98. The van der Waals surface area contributed by atoms with Crippen molar-refractivity contribution in [3.63, 3.8) is 0 Å². The first kappa shape index (κ1) is 20.5. The van der Waals surface area contributed by atoms with Crippen LogP contribution in [0.3, 0.4) is 0 Å². The number of amides is 1. The molecule has 2 aromatic rings. The Bertz CT molecular complexity index is 826. The third-order valence-corrected chi connectivity index (χ3v) is 7.19. The van der Waals surface area contributed by atoms with Crippen molar-refractivity contribution in [1.29, 1.82) is 0 Å². The fraction of sp³-hybridized carbons (Fsp3) is 0.350. The van der Waals surface area contributed by atoms with Crippen molar-refractivity contribution in [3.05, 3.63) is 65.2 Å². The van der Waals surface area contributed by atoms with Crippen LogP contribution in [0.1, 0.15) is 35.3 Å². The monoisotopic (exact) mass is 391 g/mol. The minimum atomic E-state index is -3.31. The van der Waals surface area contributed by atoms with Crippen molar-refractivity contribution < 1.29 is 13.2 Å². The molecule has 140 valence electrons. The summed E-state index contributed by atoms with van der Waals surface area (Å²) in [5.74, 6) is 1.55. The highest BCUT2D eigenvalue weighted by Gasteiger charge is 2.19. The van der Waals surface area contributed by atoms with E-state index in [1.807, 2.05) is 0 Å². The smallest absolute Gasteiger partial charge is 0.251 e. The van der Waals surface area contributed by atoms with Crippen LogP contribution in [0.4, 0.5) is 0 Å². The van der Waals surface area contributed by atoms with Crippen LogP contribution < -0.4 is 5.32 Å². The van der Waals surface area contributed by atoms with Crippen molar-refractivity contribution in [2.24, 2.45) is 0 Å². The number of benzene rings is 2. The van der Waals surface area contributed by atoms with Gasteiger partial charge in [0.05, 0.1) is 10.1 Å². The van der Waals surface area contributed by atoms with Gasteiger partial charge in [0, 0.05) is 23.6 Å². The average Bonchev–Trinajstić information content (AvgIpc) is 2.62. The van der Waals surface area contributed by atoms with Crippen molar-refractivity contribution in [1.82, 2.24) is 5.32 Å². The van der Waals surface area contributed by atoms with Gasteiger partial charge in [-0.3, -0.25) is 4.79 Å². The maximum absolute atomic E-state index is 12.1. The molecular weight excluding hydrogens is 366 g/mol. The maximum Gasteiger partial charge on any atom is 0.251 e. The van der Waals surface area contributed by atoms with E-state index >= 15 is 0 Å². The van der Waals surface area contributed by atoms with Gasteiger partial charge in [0.2, 0.25) is 0 Å². The predicted octanol–water partition coefficient (Wildman–Crippen LogP) is 3.84. The van der Waals surface area contributed by atoms with Crippen molar-refractivity contribution in [2.45, 2.75) is 36.7 Å². The summed E-state index contributed by atoms with van der Waals surface area (Å²) in [7, 11) is -3.31. The minimum absolute atomic E-state index is 0.186. The molecule has 6 heteroatoms. The number of thioether (sulfide) groups is 1. The fourth-order valence-electron chi connectivity index (χ4n) is 2.28. The molecule has 26 heavy (non-hydrogen) atoms. The number of nitrogens with one attached hydrogen (secondary N) is 1. The molecule has 0 spiro atoms. The summed E-state index contributed by atoms with van der Waals surface area (Å²) in [5.41, 5.74) is 2.99. The zero-order valence-electron chi connectivity index (χ0n) is 15.4. The van der Waals surface area contributed by atoms with E-state index in [1.54, 1.807) is 37.7 Å². The highest BCUT2D eigenvalue weighted by Crippen LogP contribution is 2.16. The van der Waals surface area contributed by atoms with E-state index in [-0.39, 0.29) is 10.8 Å². The lowest BCUT2D eigenvalue weighted by atomic mass is 10.2. The Labute approximate surface area is 160 Å². The molecule has 0 fully saturated rings. The lowest BCUT2D eigenvalue weighted by molar-refractivity contribution is 0.0956. The SMILES string of the molecule is Cc1ccc(CSCCNC(=O)c2ccc(S(=O)(=O)C(C)C)cc2)cc1. The van der Waals surface area contributed by atoms with Crippen molar-refractivity contribution in [3.8, 4) is 0 Å². The summed E-state index contributed by atoms with van der Waals surface area (Å²) in [6, 6.07) is 14.5. The molecule has 0 aliphatic heterocycles. The van der Waals surface area contributed by atoms with Gasteiger partial charge in [0.15, 0.2) is 9.84 Å². The zero-order chi connectivity index (χ0) is 19.2. The maximum atomic E-state index is 12.1. The van der Waals surface area contributed by atoms with Gasteiger partial charge in [-0.05, 0) is 50.6 Å². The molecule has 4 nitrogen and oxygen atoms in total. The largest absolute Gasteiger partial charge is 0.351 e. The van der Waals surface area contributed by atoms with Crippen LogP contribution >= 0.6 is 11.8 Å². The van der Waals surface area contributed by atoms with Gasteiger partial charge in [0.25, 0.3) is 5.91 Å². The van der Waals surface area contributed by atoms with Crippen LogP contribution in [0, 0.1) is 6.92 Å². The molecule has 0 unspecified atom stereocenters. The zero-order valence-corrected chi connectivity index (χ0v) is 17.0. The van der Waals surface area contributed by atoms with Gasteiger partial charge in [-0.1, -0.05) is 29.8 Å². The lowest BCUT2D eigenvalue weighted by Gasteiger charge is -2.09. The Hall–Kier alpha value is -1.79. The van der Waals surface area contributed by atoms with Gasteiger partial charge >= 0.3 is 0 Å². The topological polar surface area (TPSA) is 63.2 Å². The molecule has 0 aromatic heterocycles. The molecule has 1 amide bonds. The van der Waals surface area contributed by atoms with E-state index in [4.69, 9.17) is 0 Å². The summed E-state index contributed by atoms with van der Waals surface area (Å²) in [6.07, 6.45) is 0. The summed E-state index contributed by atoms with van der Waals surface area (Å²) in [6.45, 7) is 5.92. The first-order chi connectivity index (χ1) is 12.3.